The Morgan fingerprint density at radius 2 is 2.05 bits per heavy atom. The first kappa shape index (κ1) is 14.1. The quantitative estimate of drug-likeness (QED) is 0.906. The molecular weight excluding hydrogens is 240 g/mol. The Kier molecular flexibility index (Phi) is 4.64. The van der Waals surface area contributed by atoms with Crippen molar-refractivity contribution in [1.82, 2.24) is 9.47 Å². The van der Waals surface area contributed by atoms with E-state index in [1.54, 1.807) is 12.3 Å². The minimum atomic E-state index is -0.271. The third kappa shape index (κ3) is 3.60. The van der Waals surface area contributed by atoms with Gasteiger partial charge in [-0.3, -0.25) is 9.69 Å². The van der Waals surface area contributed by atoms with Crippen LogP contribution in [0.2, 0.25) is 0 Å². The molecule has 0 aliphatic carbocycles. The van der Waals surface area contributed by atoms with Gasteiger partial charge in [0.05, 0.1) is 6.20 Å². The standard InChI is InChI=1S/C15H24N2O2/c1-3-6-17-11-15(19)14(18)9-13(17)10-16-7-4-12(2)5-8-16/h9,11-12,19H,3-8,10H2,1-2H3. The zero-order chi connectivity index (χ0) is 13.8. The van der Waals surface area contributed by atoms with E-state index in [9.17, 15) is 9.90 Å². The lowest BCUT2D eigenvalue weighted by Crippen LogP contribution is -2.33. The average molecular weight is 264 g/mol. The van der Waals surface area contributed by atoms with Gasteiger partial charge in [-0.05, 0) is 38.3 Å². The Hall–Kier alpha value is -1.29. The molecule has 1 N–H and O–H groups in total. The van der Waals surface area contributed by atoms with E-state index in [1.807, 2.05) is 4.57 Å². The van der Waals surface area contributed by atoms with Crippen molar-refractivity contribution in [2.75, 3.05) is 13.1 Å². The predicted molar refractivity (Wildman–Crippen MR) is 76.3 cm³/mol. The molecule has 0 amide bonds. The second kappa shape index (κ2) is 6.24. The Balaban J connectivity index is 2.14. The first-order chi connectivity index (χ1) is 9.10. The number of aromatic hydroxyl groups is 1. The van der Waals surface area contributed by atoms with Crippen LogP contribution in [0.5, 0.6) is 5.75 Å². The number of nitrogens with zero attached hydrogens (tertiary/aromatic N) is 2. The van der Waals surface area contributed by atoms with Gasteiger partial charge in [0.1, 0.15) is 0 Å². The number of piperidine rings is 1. The normalized spacial score (nSPS) is 17.8. The lowest BCUT2D eigenvalue weighted by molar-refractivity contribution is 0.181. The fourth-order valence-electron chi connectivity index (χ4n) is 2.64. The molecule has 2 rings (SSSR count). The monoisotopic (exact) mass is 264 g/mol. The third-order valence-corrected chi connectivity index (χ3v) is 3.92. The van der Waals surface area contributed by atoms with Crippen LogP contribution in [-0.2, 0) is 13.1 Å². The largest absolute Gasteiger partial charge is 0.503 e. The van der Waals surface area contributed by atoms with Crippen molar-refractivity contribution in [3.8, 4) is 5.75 Å². The van der Waals surface area contributed by atoms with Crippen LogP contribution in [-0.4, -0.2) is 27.7 Å². The SMILES string of the molecule is CCCn1cc(O)c(=O)cc1CN1CCC(C)CC1. The van der Waals surface area contributed by atoms with Crippen LogP contribution in [0, 0.1) is 5.92 Å². The number of hydrogen-bond donors (Lipinski definition) is 1. The van der Waals surface area contributed by atoms with Crippen molar-refractivity contribution in [3.05, 3.63) is 28.2 Å². The summed E-state index contributed by atoms with van der Waals surface area (Å²) in [5.41, 5.74) is 0.743. The fraction of sp³-hybridized carbons (Fsp3) is 0.667. The van der Waals surface area contributed by atoms with Crippen LogP contribution in [0.3, 0.4) is 0 Å². The summed E-state index contributed by atoms with van der Waals surface area (Å²) in [5.74, 6) is 0.665. The highest BCUT2D eigenvalue weighted by atomic mass is 16.3. The summed E-state index contributed by atoms with van der Waals surface area (Å²) >= 11 is 0. The average Bonchev–Trinajstić information content (AvgIpc) is 2.38. The molecule has 1 aliphatic heterocycles. The van der Waals surface area contributed by atoms with Crippen molar-refractivity contribution in [1.29, 1.82) is 0 Å². The van der Waals surface area contributed by atoms with Crippen molar-refractivity contribution in [2.45, 2.75) is 46.2 Å². The summed E-state index contributed by atoms with van der Waals surface area (Å²) in [4.78, 5) is 14.0. The summed E-state index contributed by atoms with van der Waals surface area (Å²) in [7, 11) is 0. The highest BCUT2D eigenvalue weighted by Gasteiger charge is 2.17. The molecule has 0 atom stereocenters. The highest BCUT2D eigenvalue weighted by Crippen LogP contribution is 2.18. The summed E-state index contributed by atoms with van der Waals surface area (Å²) in [5, 5.41) is 9.54. The van der Waals surface area contributed by atoms with Crippen LogP contribution in [0.4, 0.5) is 0 Å². The molecule has 0 bridgehead atoms. The van der Waals surface area contributed by atoms with Crippen molar-refractivity contribution in [2.24, 2.45) is 5.92 Å². The lowest BCUT2D eigenvalue weighted by Gasteiger charge is -2.30. The van der Waals surface area contributed by atoms with Gasteiger partial charge < -0.3 is 9.67 Å². The molecule has 0 aromatic carbocycles. The van der Waals surface area contributed by atoms with E-state index >= 15 is 0 Å². The molecule has 106 valence electrons. The van der Waals surface area contributed by atoms with Crippen molar-refractivity contribution in [3.63, 3.8) is 0 Å². The van der Waals surface area contributed by atoms with Gasteiger partial charge in [0.2, 0.25) is 5.43 Å². The lowest BCUT2D eigenvalue weighted by atomic mass is 9.99. The summed E-state index contributed by atoms with van der Waals surface area (Å²) < 4.78 is 2.01. The summed E-state index contributed by atoms with van der Waals surface area (Å²) in [6.07, 6.45) is 5.03. The van der Waals surface area contributed by atoms with Gasteiger partial charge in [-0.15, -0.1) is 0 Å². The first-order valence-electron chi connectivity index (χ1n) is 7.24. The molecule has 1 aromatic rings. The molecule has 19 heavy (non-hydrogen) atoms. The van der Waals surface area contributed by atoms with Gasteiger partial charge in [0, 0.05) is 24.8 Å². The second-order valence-corrected chi connectivity index (χ2v) is 5.67. The number of pyridine rings is 1. The Morgan fingerprint density at radius 3 is 2.68 bits per heavy atom. The summed E-state index contributed by atoms with van der Waals surface area (Å²) in [6.45, 7) is 8.24. The van der Waals surface area contributed by atoms with Crippen LogP contribution in [0.25, 0.3) is 0 Å². The number of likely N-dealkylation sites (tertiary alicyclic amines) is 1. The molecule has 0 radical (unpaired) electrons. The molecule has 0 unspecified atom stereocenters. The number of aryl methyl sites for hydroxylation is 1. The van der Waals surface area contributed by atoms with E-state index in [0.29, 0.717) is 0 Å². The van der Waals surface area contributed by atoms with Gasteiger partial charge in [-0.1, -0.05) is 13.8 Å². The zero-order valence-electron chi connectivity index (χ0n) is 11.9. The maximum Gasteiger partial charge on any atom is 0.223 e. The molecular formula is C15H24N2O2. The third-order valence-electron chi connectivity index (χ3n) is 3.92. The molecule has 4 heteroatoms. The van der Waals surface area contributed by atoms with Crippen LogP contribution in [0.15, 0.2) is 17.1 Å². The van der Waals surface area contributed by atoms with Gasteiger partial charge in [0.15, 0.2) is 5.75 Å². The van der Waals surface area contributed by atoms with Gasteiger partial charge >= 0.3 is 0 Å². The van der Waals surface area contributed by atoms with Gasteiger partial charge in [-0.2, -0.15) is 0 Å². The molecule has 1 aliphatic rings. The van der Waals surface area contributed by atoms with Crippen molar-refractivity contribution >= 4 is 0 Å². The second-order valence-electron chi connectivity index (χ2n) is 5.67. The Morgan fingerprint density at radius 1 is 1.37 bits per heavy atom. The minimum absolute atomic E-state index is 0.149. The fourth-order valence-corrected chi connectivity index (χ4v) is 2.64. The first-order valence-corrected chi connectivity index (χ1v) is 7.24. The molecule has 1 saturated heterocycles. The smallest absolute Gasteiger partial charge is 0.223 e. The van der Waals surface area contributed by atoms with Gasteiger partial charge in [0.25, 0.3) is 0 Å². The van der Waals surface area contributed by atoms with E-state index in [4.69, 9.17) is 0 Å². The van der Waals surface area contributed by atoms with E-state index < -0.39 is 0 Å². The van der Waals surface area contributed by atoms with E-state index in [1.165, 1.54) is 12.8 Å². The van der Waals surface area contributed by atoms with E-state index in [2.05, 4.69) is 18.7 Å². The molecule has 1 fully saturated rings. The van der Waals surface area contributed by atoms with Crippen LogP contribution >= 0.6 is 0 Å². The van der Waals surface area contributed by atoms with Crippen LogP contribution < -0.4 is 5.43 Å². The van der Waals surface area contributed by atoms with Crippen molar-refractivity contribution < 1.29 is 5.11 Å². The maximum absolute atomic E-state index is 11.6. The van der Waals surface area contributed by atoms with Gasteiger partial charge in [-0.25, -0.2) is 0 Å². The number of aromatic nitrogens is 1. The maximum atomic E-state index is 11.6. The van der Waals surface area contributed by atoms with E-state index in [0.717, 1.165) is 44.2 Å². The van der Waals surface area contributed by atoms with Crippen LogP contribution in [0.1, 0.15) is 38.8 Å². The molecule has 2 heterocycles. The molecule has 4 nitrogen and oxygen atoms in total. The molecule has 0 saturated carbocycles. The predicted octanol–water partition coefficient (Wildman–Crippen LogP) is 2.20. The Labute approximate surface area is 114 Å². The highest BCUT2D eigenvalue weighted by molar-refractivity contribution is 5.20. The number of hydrogen-bond acceptors (Lipinski definition) is 3. The molecule has 0 spiro atoms. The Bertz CT molecular complexity index is 474. The zero-order valence-corrected chi connectivity index (χ0v) is 11.9. The topological polar surface area (TPSA) is 45.5 Å². The molecule has 1 aromatic heterocycles. The summed E-state index contributed by atoms with van der Waals surface area (Å²) in [6, 6.07) is 1.59. The number of rotatable bonds is 4. The minimum Gasteiger partial charge on any atom is -0.503 e. The van der Waals surface area contributed by atoms with E-state index in [-0.39, 0.29) is 11.2 Å².